The third-order valence-electron chi connectivity index (χ3n) is 2.15. The van der Waals surface area contributed by atoms with E-state index >= 15 is 0 Å². The molecule has 1 N–H and O–H groups in total. The maximum Gasteiger partial charge on any atom is 0.101 e. The lowest BCUT2D eigenvalue weighted by Crippen LogP contribution is -2.02. The van der Waals surface area contributed by atoms with E-state index in [4.69, 9.17) is 6.42 Å². The standard InChI is InChI=1S/C9H10N2O/c1-2-5-11-7-8(6-10-11)9(12)3-4-9/h1,6-7,12H,3-5H2. The van der Waals surface area contributed by atoms with Crippen LogP contribution >= 0.6 is 0 Å². The van der Waals surface area contributed by atoms with Crippen molar-refractivity contribution in [2.45, 2.75) is 25.0 Å². The zero-order valence-electron chi connectivity index (χ0n) is 6.70. The van der Waals surface area contributed by atoms with E-state index < -0.39 is 5.60 Å². The maximum atomic E-state index is 9.68. The van der Waals surface area contributed by atoms with Gasteiger partial charge < -0.3 is 5.11 Å². The Balaban J connectivity index is 2.20. The van der Waals surface area contributed by atoms with Gasteiger partial charge in [-0.1, -0.05) is 5.92 Å². The summed E-state index contributed by atoms with van der Waals surface area (Å²) in [5.41, 5.74) is 0.296. The van der Waals surface area contributed by atoms with Gasteiger partial charge in [-0.05, 0) is 12.8 Å². The predicted octanol–water partition coefficient (Wildman–Crippen LogP) is 0.498. The van der Waals surface area contributed by atoms with E-state index in [0.717, 1.165) is 18.4 Å². The molecule has 0 spiro atoms. The molecule has 0 saturated heterocycles. The topological polar surface area (TPSA) is 38.0 Å². The lowest BCUT2D eigenvalue weighted by atomic mass is 10.2. The first-order valence-corrected chi connectivity index (χ1v) is 3.93. The molecule has 0 bridgehead atoms. The highest BCUT2D eigenvalue weighted by Crippen LogP contribution is 2.44. The van der Waals surface area contributed by atoms with Crippen LogP contribution in [-0.2, 0) is 12.1 Å². The number of aliphatic hydroxyl groups is 1. The van der Waals surface area contributed by atoms with E-state index in [2.05, 4.69) is 11.0 Å². The van der Waals surface area contributed by atoms with Crippen molar-refractivity contribution >= 4 is 0 Å². The Hall–Kier alpha value is -1.27. The minimum atomic E-state index is -0.590. The van der Waals surface area contributed by atoms with Crippen molar-refractivity contribution in [2.24, 2.45) is 0 Å². The molecule has 0 unspecified atom stereocenters. The molecule has 2 rings (SSSR count). The monoisotopic (exact) mass is 162 g/mol. The quantitative estimate of drug-likeness (QED) is 0.643. The number of terminal acetylenes is 1. The molecule has 1 saturated carbocycles. The van der Waals surface area contributed by atoms with Crippen LogP contribution in [0.25, 0.3) is 0 Å². The second-order valence-electron chi connectivity index (χ2n) is 3.16. The molecule has 0 atom stereocenters. The van der Waals surface area contributed by atoms with Gasteiger partial charge >= 0.3 is 0 Å². The SMILES string of the molecule is C#CCn1cc(C2(O)CC2)cn1. The first-order chi connectivity index (χ1) is 5.74. The van der Waals surface area contributed by atoms with Crippen LogP contribution in [0.15, 0.2) is 12.4 Å². The average Bonchev–Trinajstić information content (AvgIpc) is 2.64. The Kier molecular flexibility index (Phi) is 1.45. The van der Waals surface area contributed by atoms with Crippen LogP contribution in [0.4, 0.5) is 0 Å². The lowest BCUT2D eigenvalue weighted by Gasteiger charge is -2.00. The Labute approximate surface area is 71.0 Å². The lowest BCUT2D eigenvalue weighted by molar-refractivity contribution is 0.151. The number of rotatable bonds is 2. The summed E-state index contributed by atoms with van der Waals surface area (Å²) >= 11 is 0. The summed E-state index contributed by atoms with van der Waals surface area (Å²) in [7, 11) is 0. The fourth-order valence-electron chi connectivity index (χ4n) is 1.19. The highest BCUT2D eigenvalue weighted by molar-refractivity contribution is 5.21. The molecule has 1 aromatic rings. The summed E-state index contributed by atoms with van der Waals surface area (Å²) in [6.45, 7) is 0.468. The van der Waals surface area contributed by atoms with Crippen LogP contribution in [0.3, 0.4) is 0 Å². The van der Waals surface area contributed by atoms with E-state index in [1.54, 1.807) is 10.9 Å². The van der Waals surface area contributed by atoms with Gasteiger partial charge in [0.05, 0.1) is 11.8 Å². The summed E-state index contributed by atoms with van der Waals surface area (Å²) < 4.78 is 1.66. The normalized spacial score (nSPS) is 18.7. The molecule has 0 aliphatic heterocycles. The molecule has 3 nitrogen and oxygen atoms in total. The first kappa shape index (κ1) is 7.38. The molecule has 1 fully saturated rings. The minimum Gasteiger partial charge on any atom is -0.385 e. The number of hydrogen-bond donors (Lipinski definition) is 1. The Bertz CT molecular complexity index is 331. The first-order valence-electron chi connectivity index (χ1n) is 3.93. The van der Waals surface area contributed by atoms with Gasteiger partial charge in [0.1, 0.15) is 6.54 Å². The van der Waals surface area contributed by atoms with Crippen LogP contribution in [-0.4, -0.2) is 14.9 Å². The van der Waals surface area contributed by atoms with E-state index in [9.17, 15) is 5.11 Å². The minimum absolute atomic E-state index is 0.468. The molecule has 12 heavy (non-hydrogen) atoms. The molecule has 62 valence electrons. The van der Waals surface area contributed by atoms with Gasteiger partial charge in [-0.2, -0.15) is 5.10 Å². The van der Waals surface area contributed by atoms with Gasteiger partial charge in [0.25, 0.3) is 0 Å². The fourth-order valence-corrected chi connectivity index (χ4v) is 1.19. The van der Waals surface area contributed by atoms with Crippen molar-refractivity contribution in [3.8, 4) is 12.3 Å². The highest BCUT2D eigenvalue weighted by Gasteiger charge is 2.43. The summed E-state index contributed by atoms with van der Waals surface area (Å²) in [4.78, 5) is 0. The molecular formula is C9H10N2O. The molecule has 1 heterocycles. The number of hydrogen-bond acceptors (Lipinski definition) is 2. The average molecular weight is 162 g/mol. The van der Waals surface area contributed by atoms with Gasteiger partial charge in [-0.15, -0.1) is 6.42 Å². The molecule has 1 aromatic heterocycles. The largest absolute Gasteiger partial charge is 0.385 e. The number of aromatic nitrogens is 2. The molecule has 0 radical (unpaired) electrons. The Morgan fingerprint density at radius 3 is 3.08 bits per heavy atom. The van der Waals surface area contributed by atoms with Crippen LogP contribution in [0.5, 0.6) is 0 Å². The third-order valence-corrected chi connectivity index (χ3v) is 2.15. The zero-order valence-corrected chi connectivity index (χ0v) is 6.70. The van der Waals surface area contributed by atoms with Gasteiger partial charge in [0.2, 0.25) is 0 Å². The van der Waals surface area contributed by atoms with Gasteiger partial charge in [-0.25, -0.2) is 0 Å². The molecule has 3 heteroatoms. The van der Waals surface area contributed by atoms with Crippen LogP contribution in [0.2, 0.25) is 0 Å². The van der Waals surface area contributed by atoms with E-state index in [0.29, 0.717) is 6.54 Å². The Morgan fingerprint density at radius 2 is 2.50 bits per heavy atom. The van der Waals surface area contributed by atoms with E-state index in [-0.39, 0.29) is 0 Å². The maximum absolute atomic E-state index is 9.68. The van der Waals surface area contributed by atoms with Crippen molar-refractivity contribution in [2.75, 3.05) is 0 Å². The van der Waals surface area contributed by atoms with Gasteiger partial charge in [0.15, 0.2) is 0 Å². The summed E-state index contributed by atoms with van der Waals surface area (Å²) in [6.07, 6.45) is 10.3. The highest BCUT2D eigenvalue weighted by atomic mass is 16.3. The smallest absolute Gasteiger partial charge is 0.101 e. The predicted molar refractivity (Wildman–Crippen MR) is 44.2 cm³/mol. The summed E-state index contributed by atoms with van der Waals surface area (Å²) in [5, 5.41) is 13.7. The second kappa shape index (κ2) is 2.36. The number of nitrogens with zero attached hydrogens (tertiary/aromatic N) is 2. The van der Waals surface area contributed by atoms with Gasteiger partial charge in [0, 0.05) is 11.8 Å². The molecule has 0 amide bonds. The van der Waals surface area contributed by atoms with Crippen molar-refractivity contribution < 1.29 is 5.11 Å². The molecule has 0 aromatic carbocycles. The van der Waals surface area contributed by atoms with Crippen molar-refractivity contribution in [3.05, 3.63) is 18.0 Å². The van der Waals surface area contributed by atoms with Crippen LogP contribution in [0, 0.1) is 12.3 Å². The van der Waals surface area contributed by atoms with E-state index in [1.165, 1.54) is 0 Å². The summed E-state index contributed by atoms with van der Waals surface area (Å²) in [6, 6.07) is 0. The molecule has 1 aliphatic rings. The summed E-state index contributed by atoms with van der Waals surface area (Å²) in [5.74, 6) is 2.49. The van der Waals surface area contributed by atoms with Crippen molar-refractivity contribution in [1.82, 2.24) is 9.78 Å². The zero-order chi connectivity index (χ0) is 8.60. The van der Waals surface area contributed by atoms with Crippen molar-refractivity contribution in [1.29, 1.82) is 0 Å². The molecule has 1 aliphatic carbocycles. The van der Waals surface area contributed by atoms with Crippen LogP contribution in [0.1, 0.15) is 18.4 Å². The third kappa shape index (κ3) is 1.10. The van der Waals surface area contributed by atoms with Gasteiger partial charge in [-0.3, -0.25) is 4.68 Å². The van der Waals surface area contributed by atoms with E-state index in [1.807, 2.05) is 6.20 Å². The van der Waals surface area contributed by atoms with Crippen LogP contribution < -0.4 is 0 Å². The Morgan fingerprint density at radius 1 is 1.75 bits per heavy atom. The second-order valence-corrected chi connectivity index (χ2v) is 3.16. The fraction of sp³-hybridized carbons (Fsp3) is 0.444. The molecular weight excluding hydrogens is 152 g/mol. The van der Waals surface area contributed by atoms with Crippen molar-refractivity contribution in [3.63, 3.8) is 0 Å².